The molecular formula is C13H17ClN2O. The van der Waals surface area contributed by atoms with Gasteiger partial charge in [-0.25, -0.2) is 0 Å². The van der Waals surface area contributed by atoms with Crippen molar-refractivity contribution in [2.45, 2.75) is 25.4 Å². The Hall–Kier alpha value is -1.06. The van der Waals surface area contributed by atoms with E-state index in [1.54, 1.807) is 4.90 Å². The quantitative estimate of drug-likeness (QED) is 0.893. The molecule has 0 bridgehead atoms. The first kappa shape index (κ1) is 12.4. The minimum atomic E-state index is -0.000755. The first-order valence-corrected chi connectivity index (χ1v) is 6.27. The number of halogens is 1. The highest BCUT2D eigenvalue weighted by Gasteiger charge is 2.24. The van der Waals surface area contributed by atoms with Crippen LogP contribution in [0.4, 0.5) is 0 Å². The molecule has 0 aliphatic carbocycles. The van der Waals surface area contributed by atoms with Gasteiger partial charge in [-0.15, -0.1) is 0 Å². The monoisotopic (exact) mass is 252 g/mol. The highest BCUT2D eigenvalue weighted by atomic mass is 35.5. The second-order valence-corrected chi connectivity index (χ2v) is 4.91. The van der Waals surface area contributed by atoms with Gasteiger partial charge in [0, 0.05) is 18.6 Å². The van der Waals surface area contributed by atoms with Gasteiger partial charge < -0.3 is 10.2 Å². The first-order chi connectivity index (χ1) is 8.16. The molecule has 4 heteroatoms. The molecule has 1 atom stereocenters. The van der Waals surface area contributed by atoms with Crippen LogP contribution in [0.5, 0.6) is 0 Å². The maximum atomic E-state index is 12.1. The number of benzene rings is 1. The third kappa shape index (κ3) is 3.20. The molecule has 1 aromatic rings. The van der Waals surface area contributed by atoms with Crippen LogP contribution in [0.3, 0.4) is 0 Å². The number of nitrogens with one attached hydrogen (secondary N) is 1. The Morgan fingerprint density at radius 3 is 3.06 bits per heavy atom. The molecular weight excluding hydrogens is 236 g/mol. The van der Waals surface area contributed by atoms with Gasteiger partial charge in [-0.2, -0.15) is 0 Å². The molecule has 1 unspecified atom stereocenters. The maximum absolute atomic E-state index is 12.1. The lowest BCUT2D eigenvalue weighted by molar-refractivity contribution is -0.132. The lowest BCUT2D eigenvalue weighted by Crippen LogP contribution is -2.41. The van der Waals surface area contributed by atoms with Crippen LogP contribution in [0.15, 0.2) is 24.3 Å². The molecule has 1 saturated heterocycles. The van der Waals surface area contributed by atoms with E-state index in [1.807, 2.05) is 31.3 Å². The van der Waals surface area contributed by atoms with E-state index in [0.29, 0.717) is 11.6 Å². The van der Waals surface area contributed by atoms with Crippen LogP contribution in [-0.2, 0) is 11.3 Å². The van der Waals surface area contributed by atoms with Crippen LogP contribution < -0.4 is 5.32 Å². The van der Waals surface area contributed by atoms with Gasteiger partial charge in [0.1, 0.15) is 0 Å². The van der Waals surface area contributed by atoms with Gasteiger partial charge in [-0.3, -0.25) is 4.79 Å². The van der Waals surface area contributed by atoms with Crippen LogP contribution >= 0.6 is 11.6 Å². The number of likely N-dealkylation sites (N-methyl/N-ethyl adjacent to an activating group) is 1. The van der Waals surface area contributed by atoms with E-state index in [1.165, 1.54) is 0 Å². The van der Waals surface area contributed by atoms with Crippen LogP contribution in [0.1, 0.15) is 18.4 Å². The van der Waals surface area contributed by atoms with Crippen molar-refractivity contribution < 1.29 is 4.79 Å². The van der Waals surface area contributed by atoms with Crippen LogP contribution in [-0.4, -0.2) is 30.4 Å². The normalized spacial score (nSPS) is 19.3. The fraction of sp³-hybridized carbons (Fsp3) is 0.462. The van der Waals surface area contributed by atoms with Gasteiger partial charge in [0.2, 0.25) is 5.91 Å². The molecule has 0 saturated carbocycles. The zero-order valence-electron chi connectivity index (χ0n) is 9.95. The topological polar surface area (TPSA) is 32.3 Å². The van der Waals surface area contributed by atoms with Crippen molar-refractivity contribution in [3.8, 4) is 0 Å². The van der Waals surface area contributed by atoms with Crippen LogP contribution in [0.25, 0.3) is 0 Å². The molecule has 1 aliphatic rings. The second-order valence-electron chi connectivity index (χ2n) is 4.47. The Kier molecular flexibility index (Phi) is 4.02. The highest BCUT2D eigenvalue weighted by molar-refractivity contribution is 6.30. The molecule has 1 aliphatic heterocycles. The molecule has 17 heavy (non-hydrogen) atoms. The van der Waals surface area contributed by atoms with Crippen molar-refractivity contribution in [1.29, 1.82) is 0 Å². The summed E-state index contributed by atoms with van der Waals surface area (Å²) in [4.78, 5) is 13.8. The van der Waals surface area contributed by atoms with Gasteiger partial charge >= 0.3 is 0 Å². The Morgan fingerprint density at radius 2 is 2.41 bits per heavy atom. The van der Waals surface area contributed by atoms with Crippen molar-refractivity contribution in [1.82, 2.24) is 10.2 Å². The molecule has 0 radical (unpaired) electrons. The van der Waals surface area contributed by atoms with E-state index in [2.05, 4.69) is 5.32 Å². The SMILES string of the molecule is CN(Cc1cccc(Cl)c1)C(=O)C1CCCN1. The fourth-order valence-electron chi connectivity index (χ4n) is 2.15. The largest absolute Gasteiger partial charge is 0.340 e. The predicted molar refractivity (Wildman–Crippen MR) is 69.0 cm³/mol. The van der Waals surface area contributed by atoms with E-state index < -0.39 is 0 Å². The zero-order valence-corrected chi connectivity index (χ0v) is 10.7. The Balaban J connectivity index is 1.96. The number of hydrogen-bond donors (Lipinski definition) is 1. The minimum absolute atomic E-state index is 0.000755. The summed E-state index contributed by atoms with van der Waals surface area (Å²) in [5, 5.41) is 3.93. The average molecular weight is 253 g/mol. The summed E-state index contributed by atoms with van der Waals surface area (Å²) in [6.45, 7) is 1.55. The van der Waals surface area contributed by atoms with E-state index in [0.717, 1.165) is 24.9 Å². The summed E-state index contributed by atoms with van der Waals surface area (Å²) in [5.74, 6) is 0.169. The van der Waals surface area contributed by atoms with Gasteiger partial charge in [-0.05, 0) is 37.1 Å². The summed E-state index contributed by atoms with van der Waals surface area (Å²) in [6, 6.07) is 7.62. The lowest BCUT2D eigenvalue weighted by atomic mass is 10.1. The third-order valence-electron chi connectivity index (χ3n) is 3.04. The van der Waals surface area contributed by atoms with E-state index in [4.69, 9.17) is 11.6 Å². The van der Waals surface area contributed by atoms with E-state index >= 15 is 0 Å². The highest BCUT2D eigenvalue weighted by Crippen LogP contribution is 2.14. The fourth-order valence-corrected chi connectivity index (χ4v) is 2.36. The molecule has 1 amide bonds. The number of carbonyl (C=O) groups excluding carboxylic acids is 1. The van der Waals surface area contributed by atoms with Crippen LogP contribution in [0.2, 0.25) is 5.02 Å². The molecule has 1 heterocycles. The van der Waals surface area contributed by atoms with Crippen molar-refractivity contribution in [3.63, 3.8) is 0 Å². The molecule has 1 fully saturated rings. The maximum Gasteiger partial charge on any atom is 0.239 e. The molecule has 0 spiro atoms. The molecule has 2 rings (SSSR count). The van der Waals surface area contributed by atoms with Gasteiger partial charge in [-0.1, -0.05) is 23.7 Å². The predicted octanol–water partition coefficient (Wildman–Crippen LogP) is 2.05. The zero-order chi connectivity index (χ0) is 12.3. The van der Waals surface area contributed by atoms with Crippen molar-refractivity contribution >= 4 is 17.5 Å². The number of amides is 1. The van der Waals surface area contributed by atoms with Gasteiger partial charge in [0.15, 0.2) is 0 Å². The summed E-state index contributed by atoms with van der Waals surface area (Å²) < 4.78 is 0. The number of nitrogens with zero attached hydrogens (tertiary/aromatic N) is 1. The molecule has 0 aromatic heterocycles. The molecule has 3 nitrogen and oxygen atoms in total. The summed E-state index contributed by atoms with van der Waals surface area (Å²) in [5.41, 5.74) is 1.06. The van der Waals surface area contributed by atoms with E-state index in [9.17, 15) is 4.79 Å². The first-order valence-electron chi connectivity index (χ1n) is 5.89. The van der Waals surface area contributed by atoms with Crippen molar-refractivity contribution in [2.24, 2.45) is 0 Å². The van der Waals surface area contributed by atoms with Crippen molar-refractivity contribution in [2.75, 3.05) is 13.6 Å². The third-order valence-corrected chi connectivity index (χ3v) is 3.28. The van der Waals surface area contributed by atoms with Gasteiger partial charge in [0.25, 0.3) is 0 Å². The smallest absolute Gasteiger partial charge is 0.239 e. The Bertz CT molecular complexity index is 402. The molecule has 92 valence electrons. The number of rotatable bonds is 3. The van der Waals surface area contributed by atoms with Crippen LogP contribution in [0, 0.1) is 0 Å². The Morgan fingerprint density at radius 1 is 1.59 bits per heavy atom. The summed E-state index contributed by atoms with van der Waals surface area (Å²) >= 11 is 5.92. The summed E-state index contributed by atoms with van der Waals surface area (Å²) in [6.07, 6.45) is 2.03. The number of carbonyl (C=O) groups is 1. The standard InChI is InChI=1S/C13H17ClN2O/c1-16(13(17)12-6-3-7-15-12)9-10-4-2-5-11(14)8-10/h2,4-5,8,12,15H,3,6-7,9H2,1H3. The lowest BCUT2D eigenvalue weighted by Gasteiger charge is -2.21. The molecule has 1 N–H and O–H groups in total. The number of hydrogen-bond acceptors (Lipinski definition) is 2. The average Bonchev–Trinajstić information content (AvgIpc) is 2.81. The van der Waals surface area contributed by atoms with E-state index in [-0.39, 0.29) is 11.9 Å². The Labute approximate surface area is 107 Å². The second kappa shape index (κ2) is 5.52. The minimum Gasteiger partial charge on any atom is -0.340 e. The molecule has 1 aromatic carbocycles. The summed E-state index contributed by atoms with van der Waals surface area (Å²) in [7, 11) is 1.84. The van der Waals surface area contributed by atoms with Crippen molar-refractivity contribution in [3.05, 3.63) is 34.9 Å². The van der Waals surface area contributed by atoms with Gasteiger partial charge in [0.05, 0.1) is 6.04 Å².